The fraction of sp³-hybridized carbons (Fsp3) is 0.0833. The van der Waals surface area contributed by atoms with Gasteiger partial charge in [0.2, 0.25) is 0 Å². The highest BCUT2D eigenvalue weighted by atomic mass is 79.9. The van der Waals surface area contributed by atoms with E-state index in [1.54, 1.807) is 48.5 Å². The van der Waals surface area contributed by atoms with Gasteiger partial charge in [-0.3, -0.25) is 14.5 Å². The van der Waals surface area contributed by atoms with Crippen molar-refractivity contribution in [1.82, 2.24) is 4.90 Å². The molecule has 31 heavy (non-hydrogen) atoms. The summed E-state index contributed by atoms with van der Waals surface area (Å²) in [7, 11) is 0. The summed E-state index contributed by atoms with van der Waals surface area (Å²) in [6.45, 7) is 0.360. The minimum Gasteiger partial charge on any atom is -0.489 e. The van der Waals surface area contributed by atoms with Crippen LogP contribution in [0.4, 0.5) is 9.18 Å². The van der Waals surface area contributed by atoms with Crippen molar-refractivity contribution in [2.24, 2.45) is 0 Å². The van der Waals surface area contributed by atoms with Crippen molar-refractivity contribution < 1.29 is 18.7 Å². The van der Waals surface area contributed by atoms with Gasteiger partial charge in [-0.25, -0.2) is 4.39 Å². The molecule has 0 bridgehead atoms. The van der Waals surface area contributed by atoms with E-state index in [2.05, 4.69) is 15.9 Å². The van der Waals surface area contributed by atoms with E-state index < -0.39 is 0 Å². The SMILES string of the molecule is O=C1S/C(=C\c2ccc(OCc3ccccc3F)cc2)C(=O)N1Cc1ccc(Br)cc1. The van der Waals surface area contributed by atoms with Crippen molar-refractivity contribution in [3.8, 4) is 5.75 Å². The Morgan fingerprint density at radius 2 is 1.68 bits per heavy atom. The number of carbonyl (C=O) groups is 2. The van der Waals surface area contributed by atoms with E-state index in [1.165, 1.54) is 11.0 Å². The normalized spacial score (nSPS) is 15.0. The number of thioether (sulfide) groups is 1. The van der Waals surface area contributed by atoms with Crippen molar-refractivity contribution in [2.75, 3.05) is 0 Å². The Hall–Kier alpha value is -2.90. The Kier molecular flexibility index (Phi) is 6.53. The molecule has 3 aromatic carbocycles. The van der Waals surface area contributed by atoms with E-state index in [0.29, 0.717) is 16.2 Å². The number of carbonyl (C=O) groups excluding carboxylic acids is 2. The lowest BCUT2D eigenvalue weighted by molar-refractivity contribution is -0.123. The number of rotatable bonds is 6. The molecule has 0 aliphatic carbocycles. The maximum absolute atomic E-state index is 13.7. The molecular weight excluding hydrogens is 481 g/mol. The molecule has 0 N–H and O–H groups in total. The van der Waals surface area contributed by atoms with Gasteiger partial charge in [-0.1, -0.05) is 58.4 Å². The number of amides is 2. The highest BCUT2D eigenvalue weighted by molar-refractivity contribution is 9.10. The van der Waals surface area contributed by atoms with E-state index in [-0.39, 0.29) is 30.1 Å². The van der Waals surface area contributed by atoms with Crippen LogP contribution >= 0.6 is 27.7 Å². The third-order valence-electron chi connectivity index (χ3n) is 4.66. The molecule has 7 heteroatoms. The second-order valence-corrected chi connectivity index (χ2v) is 8.75. The van der Waals surface area contributed by atoms with Crippen molar-refractivity contribution in [1.29, 1.82) is 0 Å². The van der Waals surface area contributed by atoms with Crippen molar-refractivity contribution in [3.63, 3.8) is 0 Å². The summed E-state index contributed by atoms with van der Waals surface area (Å²) >= 11 is 4.30. The Morgan fingerprint density at radius 3 is 2.39 bits per heavy atom. The summed E-state index contributed by atoms with van der Waals surface area (Å²) in [5.74, 6) is -0.0282. The molecule has 4 rings (SSSR count). The molecule has 0 radical (unpaired) electrons. The lowest BCUT2D eigenvalue weighted by atomic mass is 10.2. The molecule has 1 heterocycles. The van der Waals surface area contributed by atoms with Gasteiger partial charge >= 0.3 is 0 Å². The van der Waals surface area contributed by atoms with Crippen LogP contribution in [0.15, 0.2) is 82.2 Å². The topological polar surface area (TPSA) is 46.6 Å². The summed E-state index contributed by atoms with van der Waals surface area (Å²) in [6, 6.07) is 21.0. The van der Waals surface area contributed by atoms with Gasteiger partial charge < -0.3 is 4.74 Å². The van der Waals surface area contributed by atoms with Crippen LogP contribution in [0.3, 0.4) is 0 Å². The number of ether oxygens (including phenoxy) is 1. The first kappa shape index (κ1) is 21.3. The van der Waals surface area contributed by atoms with Gasteiger partial charge in [-0.05, 0) is 59.3 Å². The average molecular weight is 498 g/mol. The van der Waals surface area contributed by atoms with Crippen molar-refractivity contribution in [3.05, 3.63) is 105 Å². The van der Waals surface area contributed by atoms with E-state index >= 15 is 0 Å². The van der Waals surface area contributed by atoms with Crippen molar-refractivity contribution in [2.45, 2.75) is 13.2 Å². The van der Waals surface area contributed by atoms with Crippen LogP contribution in [-0.4, -0.2) is 16.0 Å². The van der Waals surface area contributed by atoms with Gasteiger partial charge in [0.15, 0.2) is 0 Å². The fourth-order valence-electron chi connectivity index (χ4n) is 3.00. The van der Waals surface area contributed by atoms with Gasteiger partial charge in [0.25, 0.3) is 11.1 Å². The molecule has 3 aromatic rings. The molecule has 0 unspecified atom stereocenters. The van der Waals surface area contributed by atoms with Crippen LogP contribution in [0.5, 0.6) is 5.75 Å². The third-order valence-corrected chi connectivity index (χ3v) is 6.09. The lowest BCUT2D eigenvalue weighted by Crippen LogP contribution is -2.27. The number of nitrogens with zero attached hydrogens (tertiary/aromatic N) is 1. The summed E-state index contributed by atoms with van der Waals surface area (Å²) < 4.78 is 20.2. The van der Waals surface area contributed by atoms with Gasteiger partial charge in [0.1, 0.15) is 18.2 Å². The standard InChI is InChI=1S/C24H17BrFNO3S/c25-19-9-5-17(6-10-19)14-27-23(28)22(31-24(27)29)13-16-7-11-20(12-8-16)30-15-18-3-1-2-4-21(18)26/h1-13H,14-15H2/b22-13-. The Morgan fingerprint density at radius 1 is 0.968 bits per heavy atom. The first-order valence-corrected chi connectivity index (χ1v) is 11.1. The van der Waals surface area contributed by atoms with Gasteiger partial charge in [0.05, 0.1) is 11.4 Å². The molecule has 0 aromatic heterocycles. The zero-order valence-electron chi connectivity index (χ0n) is 16.3. The van der Waals surface area contributed by atoms with E-state index in [4.69, 9.17) is 4.74 Å². The zero-order chi connectivity index (χ0) is 21.8. The van der Waals surface area contributed by atoms with Crippen LogP contribution < -0.4 is 4.74 Å². The molecule has 2 amide bonds. The number of hydrogen-bond acceptors (Lipinski definition) is 4. The molecule has 4 nitrogen and oxygen atoms in total. The number of hydrogen-bond donors (Lipinski definition) is 0. The summed E-state index contributed by atoms with van der Waals surface area (Å²) in [5.41, 5.74) is 2.13. The predicted molar refractivity (Wildman–Crippen MR) is 123 cm³/mol. The van der Waals surface area contributed by atoms with Gasteiger partial charge in [-0.2, -0.15) is 0 Å². The van der Waals surface area contributed by atoms with Crippen LogP contribution in [0.1, 0.15) is 16.7 Å². The largest absolute Gasteiger partial charge is 0.489 e. The van der Waals surface area contributed by atoms with E-state index in [1.807, 2.05) is 24.3 Å². The van der Waals surface area contributed by atoms with Crippen molar-refractivity contribution >= 4 is 44.9 Å². The first-order chi connectivity index (χ1) is 15.0. The molecule has 0 saturated carbocycles. The molecule has 1 saturated heterocycles. The quantitative estimate of drug-likeness (QED) is 0.369. The van der Waals surface area contributed by atoms with Crippen LogP contribution in [0.2, 0.25) is 0 Å². The lowest BCUT2D eigenvalue weighted by Gasteiger charge is -2.12. The second-order valence-electron chi connectivity index (χ2n) is 6.84. The van der Waals surface area contributed by atoms with Crippen LogP contribution in [0, 0.1) is 5.82 Å². The van der Waals surface area contributed by atoms with Crippen LogP contribution in [-0.2, 0) is 17.9 Å². The molecular formula is C24H17BrFNO3S. The maximum atomic E-state index is 13.7. The summed E-state index contributed by atoms with van der Waals surface area (Å²) in [4.78, 5) is 26.6. The highest BCUT2D eigenvalue weighted by Gasteiger charge is 2.34. The Labute approximate surface area is 191 Å². The minimum atomic E-state index is -0.308. The maximum Gasteiger partial charge on any atom is 0.293 e. The number of benzene rings is 3. The van der Waals surface area contributed by atoms with Crippen LogP contribution in [0.25, 0.3) is 6.08 Å². The molecule has 0 atom stereocenters. The number of imide groups is 1. The predicted octanol–water partition coefficient (Wildman–Crippen LogP) is 6.40. The highest BCUT2D eigenvalue weighted by Crippen LogP contribution is 2.33. The fourth-order valence-corrected chi connectivity index (χ4v) is 4.10. The minimum absolute atomic E-state index is 0.126. The monoisotopic (exact) mass is 497 g/mol. The molecule has 1 aliphatic rings. The average Bonchev–Trinajstić information content (AvgIpc) is 3.03. The molecule has 0 spiro atoms. The Bertz CT molecular complexity index is 1150. The first-order valence-electron chi connectivity index (χ1n) is 9.46. The smallest absolute Gasteiger partial charge is 0.293 e. The van der Waals surface area contributed by atoms with Gasteiger partial charge in [0, 0.05) is 10.0 Å². The molecule has 156 valence electrons. The molecule has 1 fully saturated rings. The summed E-state index contributed by atoms with van der Waals surface area (Å²) in [6.07, 6.45) is 1.69. The zero-order valence-corrected chi connectivity index (χ0v) is 18.7. The number of halogens is 2. The Balaban J connectivity index is 1.41. The van der Waals surface area contributed by atoms with E-state index in [9.17, 15) is 14.0 Å². The second kappa shape index (κ2) is 9.49. The summed E-state index contributed by atoms with van der Waals surface area (Å²) in [5, 5.41) is -0.288. The molecule has 1 aliphatic heterocycles. The third kappa shape index (κ3) is 5.24. The van der Waals surface area contributed by atoms with Gasteiger partial charge in [-0.15, -0.1) is 0 Å². The van der Waals surface area contributed by atoms with E-state index in [0.717, 1.165) is 27.4 Å².